The maximum Gasteiger partial charge on any atom is 0.315 e. The Bertz CT molecular complexity index is 356. The van der Waals surface area contributed by atoms with Crippen LogP contribution in [0.15, 0.2) is 4.42 Å². The molecule has 1 atom stereocenters. The Hall–Kier alpha value is -1.14. The van der Waals surface area contributed by atoms with E-state index in [0.717, 1.165) is 32.5 Å². The molecule has 0 unspecified atom stereocenters. The molecule has 1 aliphatic heterocycles. The second-order valence-corrected chi connectivity index (χ2v) is 4.65. The highest BCUT2D eigenvalue weighted by molar-refractivity contribution is 5.16. The largest absolute Gasteiger partial charge is 0.408 e. The van der Waals surface area contributed by atoms with Gasteiger partial charge < -0.3 is 14.8 Å². The number of aromatic nitrogens is 2. The van der Waals surface area contributed by atoms with Gasteiger partial charge in [-0.3, -0.25) is 4.90 Å². The van der Waals surface area contributed by atoms with Gasteiger partial charge in [0.05, 0.1) is 6.61 Å². The molecule has 6 nitrogen and oxygen atoms in total. The van der Waals surface area contributed by atoms with Gasteiger partial charge in [-0.05, 0) is 19.4 Å². The molecule has 2 rings (SSSR count). The lowest BCUT2D eigenvalue weighted by molar-refractivity contribution is 0.0939. The summed E-state index contributed by atoms with van der Waals surface area (Å²) in [4.78, 5) is 2.33. The Balaban J connectivity index is 1.73. The van der Waals surface area contributed by atoms with Crippen LogP contribution in [0.1, 0.15) is 32.1 Å². The van der Waals surface area contributed by atoms with Gasteiger partial charge in [-0.15, -0.1) is 5.10 Å². The molecule has 0 saturated carbocycles. The van der Waals surface area contributed by atoms with Crippen molar-refractivity contribution in [1.82, 2.24) is 15.1 Å². The third kappa shape index (κ3) is 3.43. The fourth-order valence-corrected chi connectivity index (χ4v) is 2.34. The van der Waals surface area contributed by atoms with Crippen molar-refractivity contribution in [1.29, 1.82) is 0 Å². The smallest absolute Gasteiger partial charge is 0.315 e. The molecular weight excluding hydrogens is 232 g/mol. The summed E-state index contributed by atoms with van der Waals surface area (Å²) in [6.07, 6.45) is 4.29. The molecule has 0 aromatic carbocycles. The summed E-state index contributed by atoms with van der Waals surface area (Å²) in [7, 11) is 0. The molecule has 1 saturated heterocycles. The number of nitrogens with one attached hydrogen (secondary N) is 1. The SMILES string of the molecule is CCc1nnc(NCCN2CCCC[C@@H]2CO)o1. The molecule has 1 fully saturated rings. The number of nitrogens with zero attached hydrogens (tertiary/aromatic N) is 3. The molecule has 18 heavy (non-hydrogen) atoms. The zero-order valence-corrected chi connectivity index (χ0v) is 10.9. The minimum atomic E-state index is 0.251. The van der Waals surface area contributed by atoms with Crippen LogP contribution in [0, 0.1) is 0 Å². The van der Waals surface area contributed by atoms with Crippen molar-refractivity contribution in [2.24, 2.45) is 0 Å². The van der Waals surface area contributed by atoms with Crippen molar-refractivity contribution >= 4 is 6.01 Å². The number of piperidine rings is 1. The third-order valence-electron chi connectivity index (χ3n) is 3.40. The lowest BCUT2D eigenvalue weighted by Gasteiger charge is -2.34. The molecule has 2 N–H and O–H groups in total. The number of aryl methyl sites for hydroxylation is 1. The van der Waals surface area contributed by atoms with Crippen LogP contribution in [0.3, 0.4) is 0 Å². The van der Waals surface area contributed by atoms with E-state index in [1.165, 1.54) is 12.8 Å². The second kappa shape index (κ2) is 6.70. The van der Waals surface area contributed by atoms with Crippen molar-refractivity contribution < 1.29 is 9.52 Å². The van der Waals surface area contributed by atoms with Crippen LogP contribution in [-0.4, -0.2) is 52.5 Å². The molecule has 1 aromatic rings. The number of hydrogen-bond donors (Lipinski definition) is 2. The van der Waals surface area contributed by atoms with Crippen LogP contribution in [0.25, 0.3) is 0 Å². The Labute approximate surface area is 107 Å². The molecule has 1 aromatic heterocycles. The van der Waals surface area contributed by atoms with Crippen LogP contribution < -0.4 is 5.32 Å². The Kier molecular flexibility index (Phi) is 4.95. The average molecular weight is 254 g/mol. The highest BCUT2D eigenvalue weighted by atomic mass is 16.4. The summed E-state index contributed by atoms with van der Waals surface area (Å²) in [5.74, 6) is 0.656. The molecule has 0 spiro atoms. The van der Waals surface area contributed by atoms with Gasteiger partial charge in [-0.1, -0.05) is 18.4 Å². The summed E-state index contributed by atoms with van der Waals surface area (Å²) < 4.78 is 5.37. The first kappa shape index (κ1) is 13.3. The van der Waals surface area contributed by atoms with E-state index >= 15 is 0 Å². The van der Waals surface area contributed by atoms with Gasteiger partial charge in [-0.2, -0.15) is 0 Å². The van der Waals surface area contributed by atoms with Crippen LogP contribution in [-0.2, 0) is 6.42 Å². The van der Waals surface area contributed by atoms with Crippen LogP contribution in [0.5, 0.6) is 0 Å². The van der Waals surface area contributed by atoms with Gasteiger partial charge in [0.15, 0.2) is 0 Å². The molecular formula is C12H22N4O2. The quantitative estimate of drug-likeness (QED) is 0.785. The summed E-state index contributed by atoms with van der Waals surface area (Å²) in [5.41, 5.74) is 0. The second-order valence-electron chi connectivity index (χ2n) is 4.65. The van der Waals surface area contributed by atoms with Gasteiger partial charge in [0.2, 0.25) is 5.89 Å². The predicted octanol–water partition coefficient (Wildman–Crippen LogP) is 0.891. The van der Waals surface area contributed by atoms with Crippen molar-refractivity contribution in [3.8, 4) is 0 Å². The summed E-state index contributed by atoms with van der Waals surface area (Å²) in [6.45, 7) is 4.96. The maximum absolute atomic E-state index is 9.31. The van der Waals surface area contributed by atoms with Gasteiger partial charge in [0.1, 0.15) is 0 Å². The van der Waals surface area contributed by atoms with Gasteiger partial charge in [0.25, 0.3) is 0 Å². The van der Waals surface area contributed by atoms with Gasteiger partial charge in [-0.25, -0.2) is 0 Å². The van der Waals surface area contributed by atoms with Crippen LogP contribution in [0.4, 0.5) is 6.01 Å². The molecule has 102 valence electrons. The van der Waals surface area contributed by atoms with E-state index < -0.39 is 0 Å². The highest BCUT2D eigenvalue weighted by Gasteiger charge is 2.20. The molecule has 0 amide bonds. The highest BCUT2D eigenvalue weighted by Crippen LogP contribution is 2.16. The minimum Gasteiger partial charge on any atom is -0.408 e. The fraction of sp³-hybridized carbons (Fsp3) is 0.833. The molecule has 0 aliphatic carbocycles. The lowest BCUT2D eigenvalue weighted by Crippen LogP contribution is -2.44. The Morgan fingerprint density at radius 2 is 2.33 bits per heavy atom. The zero-order valence-electron chi connectivity index (χ0n) is 10.9. The number of rotatable bonds is 6. The number of aliphatic hydroxyl groups is 1. The number of aliphatic hydroxyl groups excluding tert-OH is 1. The molecule has 2 heterocycles. The average Bonchev–Trinajstić information content (AvgIpc) is 2.87. The molecule has 0 bridgehead atoms. The third-order valence-corrected chi connectivity index (χ3v) is 3.40. The Morgan fingerprint density at radius 3 is 3.06 bits per heavy atom. The topological polar surface area (TPSA) is 74.4 Å². The van der Waals surface area contributed by atoms with E-state index in [4.69, 9.17) is 4.42 Å². The van der Waals surface area contributed by atoms with E-state index in [9.17, 15) is 5.11 Å². The number of likely N-dealkylation sites (tertiary alicyclic amines) is 1. The zero-order chi connectivity index (χ0) is 12.8. The van der Waals surface area contributed by atoms with E-state index in [1.54, 1.807) is 0 Å². The van der Waals surface area contributed by atoms with Crippen molar-refractivity contribution in [3.63, 3.8) is 0 Å². The van der Waals surface area contributed by atoms with E-state index in [2.05, 4.69) is 20.4 Å². The van der Waals surface area contributed by atoms with Crippen LogP contribution >= 0.6 is 0 Å². The lowest BCUT2D eigenvalue weighted by atomic mass is 10.0. The molecule has 0 radical (unpaired) electrons. The number of anilines is 1. The first-order valence-corrected chi connectivity index (χ1v) is 6.74. The number of hydrogen-bond acceptors (Lipinski definition) is 6. The van der Waals surface area contributed by atoms with E-state index in [0.29, 0.717) is 17.9 Å². The van der Waals surface area contributed by atoms with Crippen LogP contribution in [0.2, 0.25) is 0 Å². The minimum absolute atomic E-state index is 0.251. The molecule has 1 aliphatic rings. The predicted molar refractivity (Wildman–Crippen MR) is 68.5 cm³/mol. The standard InChI is InChI=1S/C12H22N4O2/c1-2-11-14-15-12(18-11)13-6-8-16-7-4-3-5-10(16)9-17/h10,17H,2-9H2,1H3,(H,13,15)/t10-/m1/s1. The summed E-state index contributed by atoms with van der Waals surface area (Å²) in [5, 5.41) is 20.2. The van der Waals surface area contributed by atoms with Crippen molar-refractivity contribution in [3.05, 3.63) is 5.89 Å². The molecule has 6 heteroatoms. The van der Waals surface area contributed by atoms with Crippen molar-refractivity contribution in [2.45, 2.75) is 38.6 Å². The first-order valence-electron chi connectivity index (χ1n) is 6.74. The van der Waals surface area contributed by atoms with Gasteiger partial charge >= 0.3 is 6.01 Å². The maximum atomic E-state index is 9.31. The van der Waals surface area contributed by atoms with Gasteiger partial charge in [0, 0.05) is 25.6 Å². The fourth-order valence-electron chi connectivity index (χ4n) is 2.34. The first-order chi connectivity index (χ1) is 8.83. The Morgan fingerprint density at radius 1 is 1.44 bits per heavy atom. The monoisotopic (exact) mass is 254 g/mol. The summed E-state index contributed by atoms with van der Waals surface area (Å²) >= 11 is 0. The van der Waals surface area contributed by atoms with E-state index in [-0.39, 0.29) is 6.61 Å². The normalized spacial score (nSPS) is 21.1. The van der Waals surface area contributed by atoms with E-state index in [1.807, 2.05) is 6.92 Å². The van der Waals surface area contributed by atoms with Crippen molar-refractivity contribution in [2.75, 3.05) is 31.6 Å². The summed E-state index contributed by atoms with van der Waals surface area (Å²) in [6, 6.07) is 0.804.